The summed E-state index contributed by atoms with van der Waals surface area (Å²) in [6, 6.07) is 0. The van der Waals surface area contributed by atoms with Crippen LogP contribution in [-0.4, -0.2) is 11.9 Å². The van der Waals surface area contributed by atoms with Crippen LogP contribution < -0.4 is 0 Å². The minimum absolute atomic E-state index is 0.110. The number of hydrogen-bond donors (Lipinski definition) is 0. The highest BCUT2D eigenvalue weighted by molar-refractivity contribution is 5.87. The first-order valence-electron chi connectivity index (χ1n) is 11.3. The van der Waals surface area contributed by atoms with Gasteiger partial charge in [-0.1, -0.05) is 53.5 Å². The van der Waals surface area contributed by atoms with Crippen LogP contribution in [-0.2, 0) is 29.1 Å². The zero-order valence-corrected chi connectivity index (χ0v) is 19.5. The van der Waals surface area contributed by atoms with E-state index in [1.807, 2.05) is 20.8 Å². The van der Waals surface area contributed by atoms with Crippen LogP contribution in [0.4, 0.5) is 0 Å². The monoisotopic (exact) mass is 424 g/mol. The van der Waals surface area contributed by atoms with Gasteiger partial charge in [-0.15, -0.1) is 0 Å². The molecule has 172 valence electrons. The molecule has 0 fully saturated rings. The predicted octanol–water partition coefficient (Wildman–Crippen LogP) is 7.02. The van der Waals surface area contributed by atoms with Gasteiger partial charge >= 0.3 is 11.9 Å². The molecule has 0 rings (SSSR count). The minimum Gasteiger partial charge on any atom is -0.295 e. The summed E-state index contributed by atoms with van der Waals surface area (Å²) >= 11 is 0. The number of carbonyl (C=O) groups excluding carboxylic acids is 2. The van der Waals surface area contributed by atoms with E-state index in [-0.39, 0.29) is 6.42 Å². The molecule has 0 saturated heterocycles. The van der Waals surface area contributed by atoms with Crippen LogP contribution in [0.1, 0.15) is 105 Å². The van der Waals surface area contributed by atoms with E-state index in [9.17, 15) is 9.59 Å². The molecule has 0 radical (unpaired) electrons. The van der Waals surface area contributed by atoms with Gasteiger partial charge in [0.25, 0.3) is 0 Å². The lowest BCUT2D eigenvalue weighted by Crippen LogP contribution is -2.07. The first-order chi connectivity index (χ1) is 14.5. The standard InChI is InChI=1S/C24H40O6/c1-6-11-14-20(8-3)18-27-29-23(25)17-13-16-22(10-5)24(26)30-28-19-21(9-4)15-12-7-2/h16,18-19H,6-15,17H2,1-5H3. The second kappa shape index (κ2) is 18.8. The summed E-state index contributed by atoms with van der Waals surface area (Å²) in [7, 11) is 0. The molecule has 0 aromatic heterocycles. The maximum Gasteiger partial charge on any atom is 0.381 e. The SMILES string of the molecule is CCCCC(=COOC(=O)CCC=C(CC)C(=O)OOC=C(CC)CCCC)CC. The van der Waals surface area contributed by atoms with Gasteiger partial charge < -0.3 is 0 Å². The van der Waals surface area contributed by atoms with E-state index in [4.69, 9.17) is 19.6 Å². The zero-order valence-electron chi connectivity index (χ0n) is 19.5. The highest BCUT2D eigenvalue weighted by Crippen LogP contribution is 2.13. The van der Waals surface area contributed by atoms with E-state index in [1.165, 1.54) is 12.5 Å². The normalized spacial score (nSPS) is 12.5. The molecule has 0 bridgehead atoms. The summed E-state index contributed by atoms with van der Waals surface area (Å²) in [4.78, 5) is 43.5. The number of carbonyl (C=O) groups is 2. The minimum atomic E-state index is -0.546. The fourth-order valence-electron chi connectivity index (χ4n) is 2.56. The molecule has 0 aliphatic heterocycles. The molecule has 0 saturated carbocycles. The number of rotatable bonds is 17. The van der Waals surface area contributed by atoms with Crippen LogP contribution in [0.15, 0.2) is 35.3 Å². The van der Waals surface area contributed by atoms with Crippen molar-refractivity contribution in [1.82, 2.24) is 0 Å². The van der Waals surface area contributed by atoms with Crippen LogP contribution in [0.25, 0.3) is 0 Å². The van der Waals surface area contributed by atoms with Gasteiger partial charge in [0.05, 0.1) is 6.42 Å². The lowest BCUT2D eigenvalue weighted by molar-refractivity contribution is -0.239. The van der Waals surface area contributed by atoms with Gasteiger partial charge in [0.1, 0.15) is 12.5 Å². The molecule has 0 atom stereocenters. The summed E-state index contributed by atoms with van der Waals surface area (Å²) in [6.07, 6.45) is 13.6. The second-order valence-corrected chi connectivity index (χ2v) is 7.11. The molecule has 0 aromatic carbocycles. The van der Waals surface area contributed by atoms with Crippen LogP contribution in [0.5, 0.6) is 0 Å². The molecule has 6 heteroatoms. The highest BCUT2D eigenvalue weighted by Gasteiger charge is 2.11. The molecular weight excluding hydrogens is 384 g/mol. The first kappa shape index (κ1) is 27.8. The third-order valence-corrected chi connectivity index (χ3v) is 4.69. The number of allylic oxidation sites excluding steroid dienone is 3. The van der Waals surface area contributed by atoms with Crippen LogP contribution in [0.2, 0.25) is 0 Å². The van der Waals surface area contributed by atoms with Crippen LogP contribution in [0.3, 0.4) is 0 Å². The van der Waals surface area contributed by atoms with E-state index < -0.39 is 11.9 Å². The number of unbranched alkanes of at least 4 members (excludes halogenated alkanes) is 2. The van der Waals surface area contributed by atoms with Gasteiger partial charge in [-0.3, -0.25) is 14.7 Å². The van der Waals surface area contributed by atoms with Crippen molar-refractivity contribution in [3.8, 4) is 0 Å². The van der Waals surface area contributed by atoms with E-state index in [2.05, 4.69) is 13.8 Å². The molecular formula is C24H40O6. The fourth-order valence-corrected chi connectivity index (χ4v) is 2.56. The average molecular weight is 425 g/mol. The van der Waals surface area contributed by atoms with Gasteiger partial charge in [-0.05, 0) is 62.5 Å². The van der Waals surface area contributed by atoms with E-state index in [0.717, 1.165) is 62.5 Å². The lowest BCUT2D eigenvalue weighted by Gasteiger charge is -2.06. The third-order valence-electron chi connectivity index (χ3n) is 4.69. The molecule has 0 aliphatic carbocycles. The topological polar surface area (TPSA) is 71.1 Å². The summed E-state index contributed by atoms with van der Waals surface area (Å²) in [5, 5.41) is 0. The zero-order chi connectivity index (χ0) is 22.6. The molecule has 0 unspecified atom stereocenters. The Kier molecular flexibility index (Phi) is 17.4. The predicted molar refractivity (Wildman–Crippen MR) is 118 cm³/mol. The molecule has 0 N–H and O–H groups in total. The Morgan fingerprint density at radius 3 is 1.70 bits per heavy atom. The molecule has 0 aromatic rings. The summed E-state index contributed by atoms with van der Waals surface area (Å²) in [5.41, 5.74) is 2.66. The van der Waals surface area contributed by atoms with Crippen LogP contribution >= 0.6 is 0 Å². The summed E-state index contributed by atoms with van der Waals surface area (Å²) in [5.74, 6) is -1.03. The smallest absolute Gasteiger partial charge is 0.295 e. The van der Waals surface area contributed by atoms with Crippen molar-refractivity contribution in [2.24, 2.45) is 0 Å². The molecule has 0 spiro atoms. The quantitative estimate of drug-likeness (QED) is 0.108. The summed E-state index contributed by atoms with van der Waals surface area (Å²) < 4.78 is 0. The Balaban J connectivity index is 4.37. The van der Waals surface area contributed by atoms with Crippen molar-refractivity contribution in [2.45, 2.75) is 105 Å². The Morgan fingerprint density at radius 2 is 1.23 bits per heavy atom. The fraction of sp³-hybridized carbons (Fsp3) is 0.667. The van der Waals surface area contributed by atoms with Gasteiger partial charge in [-0.2, -0.15) is 0 Å². The Hall–Kier alpha value is -2.24. The Bertz CT molecular complexity index is 574. The molecule has 30 heavy (non-hydrogen) atoms. The van der Waals surface area contributed by atoms with Crippen molar-refractivity contribution >= 4 is 11.9 Å². The number of hydrogen-bond acceptors (Lipinski definition) is 6. The molecule has 0 aliphatic rings. The Labute approximate surface area is 182 Å². The van der Waals surface area contributed by atoms with E-state index in [1.54, 1.807) is 6.08 Å². The van der Waals surface area contributed by atoms with Crippen molar-refractivity contribution in [2.75, 3.05) is 0 Å². The van der Waals surface area contributed by atoms with Crippen LogP contribution in [0, 0.1) is 0 Å². The van der Waals surface area contributed by atoms with Gasteiger partial charge in [0.2, 0.25) is 0 Å². The highest BCUT2D eigenvalue weighted by atomic mass is 17.2. The maximum atomic E-state index is 12.1. The summed E-state index contributed by atoms with van der Waals surface area (Å²) in [6.45, 7) is 10.2. The van der Waals surface area contributed by atoms with Gasteiger partial charge in [-0.25, -0.2) is 14.5 Å². The molecule has 0 heterocycles. The maximum absolute atomic E-state index is 12.1. The molecule has 6 nitrogen and oxygen atoms in total. The molecule has 0 amide bonds. The van der Waals surface area contributed by atoms with Crippen molar-refractivity contribution < 1.29 is 29.1 Å². The Morgan fingerprint density at radius 1 is 0.700 bits per heavy atom. The second-order valence-electron chi connectivity index (χ2n) is 7.11. The third kappa shape index (κ3) is 13.9. The average Bonchev–Trinajstić information content (AvgIpc) is 2.75. The largest absolute Gasteiger partial charge is 0.381 e. The van der Waals surface area contributed by atoms with Gasteiger partial charge in [0, 0.05) is 5.57 Å². The van der Waals surface area contributed by atoms with Gasteiger partial charge in [0.15, 0.2) is 0 Å². The van der Waals surface area contributed by atoms with Crippen molar-refractivity contribution in [3.63, 3.8) is 0 Å². The first-order valence-corrected chi connectivity index (χ1v) is 11.3. The van der Waals surface area contributed by atoms with E-state index in [0.29, 0.717) is 18.4 Å². The van der Waals surface area contributed by atoms with Crippen molar-refractivity contribution in [3.05, 3.63) is 35.3 Å². The lowest BCUT2D eigenvalue weighted by atomic mass is 10.1. The van der Waals surface area contributed by atoms with Crippen molar-refractivity contribution in [1.29, 1.82) is 0 Å². The van der Waals surface area contributed by atoms with E-state index >= 15 is 0 Å².